The lowest BCUT2D eigenvalue weighted by Crippen LogP contribution is -2.29. The van der Waals surface area contributed by atoms with Gasteiger partial charge in [0, 0.05) is 18.9 Å². The molecule has 2 aromatic carbocycles. The molecule has 0 spiro atoms. The number of amides is 1. The van der Waals surface area contributed by atoms with Gasteiger partial charge in [-0.1, -0.05) is 18.2 Å². The molecule has 4 aromatic rings. The van der Waals surface area contributed by atoms with Gasteiger partial charge in [-0.2, -0.15) is 0 Å². The third-order valence-electron chi connectivity index (χ3n) is 5.78. The molecule has 1 aliphatic rings. The van der Waals surface area contributed by atoms with Crippen LogP contribution in [0.25, 0.3) is 11.0 Å². The number of para-hydroxylation sites is 1. The van der Waals surface area contributed by atoms with Gasteiger partial charge in [0.1, 0.15) is 5.58 Å². The van der Waals surface area contributed by atoms with Crippen LogP contribution in [-0.2, 0) is 6.54 Å². The summed E-state index contributed by atoms with van der Waals surface area (Å²) in [5, 5.41) is 0.442. The minimum atomic E-state index is -0.633. The van der Waals surface area contributed by atoms with Crippen molar-refractivity contribution in [3.8, 4) is 11.5 Å². The lowest BCUT2D eigenvalue weighted by atomic mass is 9.98. The van der Waals surface area contributed by atoms with Gasteiger partial charge in [0.2, 0.25) is 5.76 Å². The van der Waals surface area contributed by atoms with E-state index in [4.69, 9.17) is 13.9 Å². The SMILES string of the molecule is CCOc1ccc([C@@H]2c3c(oc4ccccc4c3=O)C(=O)N2Cc2ccncc2)cc1OC. The number of carbonyl (C=O) groups is 1. The predicted molar refractivity (Wildman–Crippen MR) is 123 cm³/mol. The number of pyridine rings is 1. The van der Waals surface area contributed by atoms with Crippen molar-refractivity contribution < 1.29 is 18.7 Å². The van der Waals surface area contributed by atoms with Gasteiger partial charge in [-0.05, 0) is 54.4 Å². The lowest BCUT2D eigenvalue weighted by Gasteiger charge is -2.26. The number of ether oxygens (including phenoxy) is 2. The molecule has 0 saturated heterocycles. The summed E-state index contributed by atoms with van der Waals surface area (Å²) in [6.45, 7) is 2.68. The fraction of sp³-hybridized carbons (Fsp3) is 0.192. The summed E-state index contributed by atoms with van der Waals surface area (Å²) in [4.78, 5) is 32.8. The Morgan fingerprint density at radius 3 is 2.58 bits per heavy atom. The molecule has 166 valence electrons. The number of benzene rings is 2. The highest BCUT2D eigenvalue weighted by atomic mass is 16.5. The summed E-state index contributed by atoms with van der Waals surface area (Å²) in [6, 6.07) is 15.5. The van der Waals surface area contributed by atoms with Gasteiger partial charge in [-0.3, -0.25) is 14.6 Å². The van der Waals surface area contributed by atoms with Crippen LogP contribution >= 0.6 is 0 Å². The number of methoxy groups -OCH3 is 1. The molecule has 7 nitrogen and oxygen atoms in total. The number of hydrogen-bond acceptors (Lipinski definition) is 6. The Morgan fingerprint density at radius 1 is 1.03 bits per heavy atom. The Balaban J connectivity index is 1.71. The molecule has 1 atom stereocenters. The molecular formula is C26H22N2O5. The molecule has 0 radical (unpaired) electrons. The van der Waals surface area contributed by atoms with Crippen molar-refractivity contribution in [2.45, 2.75) is 19.5 Å². The van der Waals surface area contributed by atoms with Crippen LogP contribution in [0.1, 0.15) is 40.2 Å². The molecule has 0 N–H and O–H groups in total. The van der Waals surface area contributed by atoms with Gasteiger partial charge >= 0.3 is 0 Å². The van der Waals surface area contributed by atoms with Crippen molar-refractivity contribution in [1.29, 1.82) is 0 Å². The smallest absolute Gasteiger partial charge is 0.291 e. The van der Waals surface area contributed by atoms with E-state index >= 15 is 0 Å². The van der Waals surface area contributed by atoms with Gasteiger partial charge in [0.25, 0.3) is 5.91 Å². The predicted octanol–water partition coefficient (Wildman–Crippen LogP) is 4.34. The lowest BCUT2D eigenvalue weighted by molar-refractivity contribution is 0.0714. The van der Waals surface area contributed by atoms with E-state index in [-0.39, 0.29) is 17.1 Å². The molecule has 7 heteroatoms. The fourth-order valence-corrected chi connectivity index (χ4v) is 4.29. The first-order chi connectivity index (χ1) is 16.1. The maximum Gasteiger partial charge on any atom is 0.291 e. The average Bonchev–Trinajstić information content (AvgIpc) is 3.12. The summed E-state index contributed by atoms with van der Waals surface area (Å²) in [5.41, 5.74) is 2.14. The molecule has 1 aliphatic heterocycles. The number of carbonyl (C=O) groups excluding carboxylic acids is 1. The zero-order valence-corrected chi connectivity index (χ0v) is 18.3. The third kappa shape index (κ3) is 3.51. The Labute approximate surface area is 190 Å². The van der Waals surface area contributed by atoms with E-state index in [1.807, 2.05) is 31.2 Å². The van der Waals surface area contributed by atoms with Crippen LogP contribution in [0.5, 0.6) is 11.5 Å². The van der Waals surface area contributed by atoms with Gasteiger partial charge < -0.3 is 18.8 Å². The van der Waals surface area contributed by atoms with Crippen molar-refractivity contribution in [1.82, 2.24) is 9.88 Å². The molecule has 0 unspecified atom stereocenters. The van der Waals surface area contributed by atoms with E-state index in [9.17, 15) is 9.59 Å². The molecular weight excluding hydrogens is 420 g/mol. The van der Waals surface area contributed by atoms with Gasteiger partial charge in [-0.15, -0.1) is 0 Å². The first kappa shape index (κ1) is 20.8. The molecule has 0 bridgehead atoms. The Bertz CT molecular complexity index is 1400. The van der Waals surface area contributed by atoms with Crippen LogP contribution in [0.2, 0.25) is 0 Å². The van der Waals surface area contributed by atoms with Gasteiger partial charge in [-0.25, -0.2) is 0 Å². The number of rotatable bonds is 6. The van der Waals surface area contributed by atoms with E-state index in [1.165, 1.54) is 0 Å². The van der Waals surface area contributed by atoms with Crippen LogP contribution in [0.4, 0.5) is 0 Å². The Kier molecular flexibility index (Phi) is 5.30. The summed E-state index contributed by atoms with van der Waals surface area (Å²) in [7, 11) is 1.56. The largest absolute Gasteiger partial charge is 0.493 e. The van der Waals surface area contributed by atoms with Crippen molar-refractivity contribution in [3.63, 3.8) is 0 Å². The first-order valence-corrected chi connectivity index (χ1v) is 10.7. The standard InChI is InChI=1S/C26H22N2O5/c1-3-32-20-9-8-17(14-21(20)31-2)23-22-24(29)18-6-4-5-7-19(18)33-25(22)26(30)28(23)15-16-10-12-27-13-11-16/h4-14,23H,3,15H2,1-2H3/t23-/m1/s1. The average molecular weight is 442 g/mol. The summed E-state index contributed by atoms with van der Waals surface area (Å²) in [6.07, 6.45) is 3.35. The molecule has 0 aliphatic carbocycles. The Morgan fingerprint density at radius 2 is 1.82 bits per heavy atom. The van der Waals surface area contributed by atoms with Crippen molar-refractivity contribution in [2.75, 3.05) is 13.7 Å². The van der Waals surface area contributed by atoms with Gasteiger partial charge in [0.05, 0.1) is 30.7 Å². The van der Waals surface area contributed by atoms with Crippen LogP contribution < -0.4 is 14.9 Å². The van der Waals surface area contributed by atoms with E-state index in [0.29, 0.717) is 41.2 Å². The number of fused-ring (bicyclic) bond motifs is 2. The quantitative estimate of drug-likeness (QED) is 0.442. The highest BCUT2D eigenvalue weighted by molar-refractivity contribution is 5.99. The monoisotopic (exact) mass is 442 g/mol. The molecule has 1 amide bonds. The molecule has 0 saturated carbocycles. The number of nitrogens with zero attached hydrogens (tertiary/aromatic N) is 2. The normalized spacial score (nSPS) is 15.0. The summed E-state index contributed by atoms with van der Waals surface area (Å²) >= 11 is 0. The molecule has 33 heavy (non-hydrogen) atoms. The highest BCUT2D eigenvalue weighted by Gasteiger charge is 2.43. The number of aromatic nitrogens is 1. The molecule has 5 rings (SSSR count). The van der Waals surface area contributed by atoms with Gasteiger partial charge in [0.15, 0.2) is 16.9 Å². The van der Waals surface area contributed by atoms with Crippen LogP contribution in [0.3, 0.4) is 0 Å². The first-order valence-electron chi connectivity index (χ1n) is 10.7. The highest BCUT2D eigenvalue weighted by Crippen LogP contribution is 2.41. The molecule has 3 heterocycles. The van der Waals surface area contributed by atoms with Crippen molar-refractivity contribution >= 4 is 16.9 Å². The second kappa shape index (κ2) is 8.43. The molecule has 2 aromatic heterocycles. The summed E-state index contributed by atoms with van der Waals surface area (Å²) in [5.74, 6) is 0.872. The minimum Gasteiger partial charge on any atom is -0.493 e. The van der Waals surface area contributed by atoms with E-state index in [1.54, 1.807) is 54.7 Å². The van der Waals surface area contributed by atoms with Crippen molar-refractivity contribution in [3.05, 3.63) is 99.7 Å². The maximum atomic E-state index is 13.6. The van der Waals surface area contributed by atoms with E-state index in [0.717, 1.165) is 11.1 Å². The zero-order chi connectivity index (χ0) is 22.9. The number of hydrogen-bond donors (Lipinski definition) is 0. The van der Waals surface area contributed by atoms with Crippen LogP contribution in [0.15, 0.2) is 76.2 Å². The fourth-order valence-electron chi connectivity index (χ4n) is 4.29. The summed E-state index contributed by atoms with van der Waals surface area (Å²) < 4.78 is 17.2. The van der Waals surface area contributed by atoms with E-state index in [2.05, 4.69) is 4.98 Å². The zero-order valence-electron chi connectivity index (χ0n) is 18.3. The maximum absolute atomic E-state index is 13.6. The second-order valence-corrected chi connectivity index (χ2v) is 7.70. The Hall–Kier alpha value is -4.13. The minimum absolute atomic E-state index is 0.0746. The third-order valence-corrected chi connectivity index (χ3v) is 5.78. The van der Waals surface area contributed by atoms with Crippen LogP contribution in [-0.4, -0.2) is 29.5 Å². The second-order valence-electron chi connectivity index (χ2n) is 7.70. The molecule has 0 fully saturated rings. The van der Waals surface area contributed by atoms with Crippen LogP contribution in [0, 0.1) is 0 Å². The van der Waals surface area contributed by atoms with E-state index < -0.39 is 6.04 Å². The van der Waals surface area contributed by atoms with Crippen molar-refractivity contribution in [2.24, 2.45) is 0 Å². The topological polar surface area (TPSA) is 81.9 Å².